The van der Waals surface area contributed by atoms with E-state index >= 15 is 0 Å². The number of ether oxygens (including phenoxy) is 2. The van der Waals surface area contributed by atoms with Crippen LogP contribution in [0.5, 0.6) is 0 Å². The molecule has 0 atom stereocenters. The predicted octanol–water partition coefficient (Wildman–Crippen LogP) is -2.30. The SMILES string of the molecule is [Cl-].[Cl-].[Co+2].c1cc(-c2nc3ccccc3n2CN2CCOCC2)nc(-c2nc3ccccc3n2CN2CCOCC2)c1. The fourth-order valence-corrected chi connectivity index (χ4v) is 5.40. The number of nitrogens with zero attached hydrogens (tertiary/aromatic N) is 7. The first-order valence-corrected chi connectivity index (χ1v) is 13.3. The van der Waals surface area contributed by atoms with Crippen LogP contribution in [0.1, 0.15) is 0 Å². The molecule has 0 saturated carbocycles. The van der Waals surface area contributed by atoms with Crippen LogP contribution in [0.15, 0.2) is 66.7 Å². The molecule has 3 aromatic heterocycles. The van der Waals surface area contributed by atoms with E-state index in [1.54, 1.807) is 0 Å². The molecule has 2 saturated heterocycles. The smallest absolute Gasteiger partial charge is 1.00 e. The van der Waals surface area contributed by atoms with E-state index in [0.717, 1.165) is 111 Å². The number of imidazole rings is 2. The number of fused-ring (bicyclic) bond motifs is 2. The van der Waals surface area contributed by atoms with Gasteiger partial charge in [-0.15, -0.1) is 0 Å². The molecule has 12 heteroatoms. The van der Waals surface area contributed by atoms with Crippen LogP contribution in [0.2, 0.25) is 0 Å². The standard InChI is InChI=1S/C29H31N7O2.2ClH.Co/c1-3-10-26-22(6-1)31-28(35(26)20-33-12-16-37-17-13-33)24-8-5-9-25(30-24)29-32-23-7-2-4-11-27(23)36(29)21-34-14-18-38-19-15-34;;;/h1-11H,12-21H2;2*1H;/q;;;+2/p-2. The van der Waals surface area contributed by atoms with Crippen molar-refractivity contribution in [2.75, 3.05) is 52.6 Å². The number of hydrogen-bond donors (Lipinski definition) is 0. The van der Waals surface area contributed by atoms with Gasteiger partial charge in [0, 0.05) is 26.2 Å². The average Bonchev–Trinajstić information content (AvgIpc) is 3.53. The molecule has 1 radical (unpaired) electrons. The fraction of sp³-hybridized carbons (Fsp3) is 0.345. The molecular formula is C29H31Cl2CoN7O2. The summed E-state index contributed by atoms with van der Waals surface area (Å²) in [6.07, 6.45) is 0. The fourth-order valence-electron chi connectivity index (χ4n) is 5.40. The summed E-state index contributed by atoms with van der Waals surface area (Å²) in [4.78, 5) is 20.0. The van der Waals surface area contributed by atoms with Crippen molar-refractivity contribution in [1.29, 1.82) is 0 Å². The van der Waals surface area contributed by atoms with E-state index in [1.165, 1.54) is 0 Å². The zero-order valence-corrected chi connectivity index (χ0v) is 25.0. The largest absolute Gasteiger partial charge is 2.00 e. The molecular weight excluding hydrogens is 608 g/mol. The second kappa shape index (κ2) is 14.1. The molecule has 0 bridgehead atoms. The van der Waals surface area contributed by atoms with Crippen molar-refractivity contribution in [3.05, 3.63) is 66.7 Å². The Hall–Kier alpha value is -2.54. The first-order valence-electron chi connectivity index (χ1n) is 13.3. The Balaban J connectivity index is 0.00000129. The zero-order valence-electron chi connectivity index (χ0n) is 22.5. The number of pyridine rings is 1. The molecule has 0 spiro atoms. The van der Waals surface area contributed by atoms with Gasteiger partial charge in [0.2, 0.25) is 0 Å². The first-order chi connectivity index (χ1) is 18.8. The summed E-state index contributed by atoms with van der Waals surface area (Å²) >= 11 is 0. The molecule has 0 amide bonds. The topological polar surface area (TPSA) is 73.5 Å². The van der Waals surface area contributed by atoms with E-state index < -0.39 is 0 Å². The number of benzene rings is 2. The summed E-state index contributed by atoms with van der Waals surface area (Å²) in [6.45, 7) is 8.17. The van der Waals surface area contributed by atoms with E-state index in [4.69, 9.17) is 24.4 Å². The van der Waals surface area contributed by atoms with Crippen LogP contribution < -0.4 is 24.8 Å². The molecule has 2 aliphatic heterocycles. The van der Waals surface area contributed by atoms with Gasteiger partial charge in [-0.3, -0.25) is 9.80 Å². The summed E-state index contributed by atoms with van der Waals surface area (Å²) < 4.78 is 15.7. The molecule has 5 aromatic rings. The van der Waals surface area contributed by atoms with Crippen molar-refractivity contribution >= 4 is 22.1 Å². The molecule has 2 aromatic carbocycles. The normalized spacial score (nSPS) is 16.2. The molecule has 0 N–H and O–H groups in total. The van der Waals surface area contributed by atoms with Gasteiger partial charge in [-0.05, 0) is 36.4 Å². The summed E-state index contributed by atoms with van der Waals surface area (Å²) in [5, 5.41) is 0. The van der Waals surface area contributed by atoms with Crippen LogP contribution in [-0.2, 0) is 39.6 Å². The number of aromatic nitrogens is 5. The first kappa shape index (κ1) is 31.4. The molecule has 2 aliphatic rings. The van der Waals surface area contributed by atoms with E-state index in [2.05, 4.69) is 73.5 Å². The number of halogens is 2. The van der Waals surface area contributed by atoms with E-state index in [9.17, 15) is 0 Å². The number of para-hydroxylation sites is 4. The van der Waals surface area contributed by atoms with E-state index in [-0.39, 0.29) is 41.6 Å². The minimum absolute atomic E-state index is 0. The molecule has 2 fully saturated rings. The quantitative estimate of drug-likeness (QED) is 0.207. The van der Waals surface area contributed by atoms with Crippen LogP contribution in [0.4, 0.5) is 0 Å². The Morgan fingerprint density at radius 2 is 0.951 bits per heavy atom. The second-order valence-corrected chi connectivity index (χ2v) is 9.86. The average molecular weight is 639 g/mol. The van der Waals surface area contributed by atoms with E-state index in [0.29, 0.717) is 0 Å². The van der Waals surface area contributed by atoms with E-state index in [1.807, 2.05) is 12.1 Å². The van der Waals surface area contributed by atoms with Gasteiger partial charge in [-0.2, -0.15) is 0 Å². The van der Waals surface area contributed by atoms with Crippen molar-refractivity contribution < 1.29 is 51.1 Å². The summed E-state index contributed by atoms with van der Waals surface area (Å²) in [5.74, 6) is 1.74. The van der Waals surface area contributed by atoms with Crippen molar-refractivity contribution in [3.8, 4) is 23.0 Å². The van der Waals surface area contributed by atoms with Gasteiger partial charge in [0.15, 0.2) is 11.6 Å². The maximum atomic E-state index is 5.58. The Morgan fingerprint density at radius 3 is 1.39 bits per heavy atom. The number of rotatable bonds is 6. The van der Waals surface area contributed by atoms with Crippen molar-refractivity contribution in [3.63, 3.8) is 0 Å². The Bertz CT molecular complexity index is 1470. The van der Waals surface area contributed by atoms with Gasteiger partial charge in [0.1, 0.15) is 11.4 Å². The Kier molecular flexibility index (Phi) is 10.8. The third-order valence-corrected chi connectivity index (χ3v) is 7.41. The van der Waals surface area contributed by atoms with Crippen LogP contribution in [0, 0.1) is 0 Å². The van der Waals surface area contributed by atoms with Gasteiger partial charge in [-0.1, -0.05) is 30.3 Å². The minimum Gasteiger partial charge on any atom is -1.00 e. The third kappa shape index (κ3) is 6.45. The Labute approximate surface area is 261 Å². The maximum Gasteiger partial charge on any atom is 2.00 e. The van der Waals surface area contributed by atoms with Gasteiger partial charge in [0.05, 0.1) is 61.8 Å². The third-order valence-electron chi connectivity index (χ3n) is 7.41. The zero-order chi connectivity index (χ0) is 25.3. The van der Waals surface area contributed by atoms with Gasteiger partial charge < -0.3 is 43.4 Å². The summed E-state index contributed by atoms with van der Waals surface area (Å²) in [7, 11) is 0. The number of morpholine rings is 2. The van der Waals surface area contributed by atoms with Gasteiger partial charge >= 0.3 is 16.8 Å². The maximum absolute atomic E-state index is 5.58. The van der Waals surface area contributed by atoms with Crippen LogP contribution >= 0.6 is 0 Å². The molecule has 0 unspecified atom stereocenters. The van der Waals surface area contributed by atoms with Gasteiger partial charge in [-0.25, -0.2) is 15.0 Å². The van der Waals surface area contributed by atoms with Crippen molar-refractivity contribution in [2.45, 2.75) is 13.3 Å². The Morgan fingerprint density at radius 1 is 0.537 bits per heavy atom. The van der Waals surface area contributed by atoms with Crippen LogP contribution in [0.25, 0.3) is 45.1 Å². The minimum atomic E-state index is 0. The molecule has 9 nitrogen and oxygen atoms in total. The van der Waals surface area contributed by atoms with Crippen LogP contribution in [-0.4, -0.2) is 86.5 Å². The summed E-state index contributed by atoms with van der Waals surface area (Å²) in [5.41, 5.74) is 5.86. The monoisotopic (exact) mass is 638 g/mol. The second-order valence-electron chi connectivity index (χ2n) is 9.86. The molecule has 41 heavy (non-hydrogen) atoms. The molecule has 217 valence electrons. The molecule has 7 rings (SSSR count). The predicted molar refractivity (Wildman–Crippen MR) is 146 cm³/mol. The number of hydrogen-bond acceptors (Lipinski definition) is 7. The van der Waals surface area contributed by atoms with Crippen molar-refractivity contribution in [1.82, 2.24) is 33.9 Å². The molecule has 0 aliphatic carbocycles. The molecule has 5 heterocycles. The summed E-state index contributed by atoms with van der Waals surface area (Å²) in [6, 6.07) is 22.8. The van der Waals surface area contributed by atoms with Crippen LogP contribution in [0.3, 0.4) is 0 Å². The van der Waals surface area contributed by atoms with Gasteiger partial charge in [0.25, 0.3) is 0 Å². The van der Waals surface area contributed by atoms with Crippen molar-refractivity contribution in [2.24, 2.45) is 0 Å².